The lowest BCUT2D eigenvalue weighted by atomic mass is 10.1. The van der Waals surface area contributed by atoms with Gasteiger partial charge in [-0.2, -0.15) is 0 Å². The molecule has 16 heavy (non-hydrogen) atoms. The third-order valence-corrected chi connectivity index (χ3v) is 2.47. The molecule has 1 N–H and O–H groups in total. The van der Waals surface area contributed by atoms with Crippen molar-refractivity contribution in [1.82, 2.24) is 4.98 Å². The highest BCUT2D eigenvalue weighted by atomic mass is 35.5. The molecule has 1 amide bonds. The van der Waals surface area contributed by atoms with Crippen molar-refractivity contribution < 1.29 is 4.79 Å². The summed E-state index contributed by atoms with van der Waals surface area (Å²) in [6.45, 7) is 2.15. The molecule has 3 nitrogen and oxygen atoms in total. The molecule has 1 rings (SSSR count). The molecule has 0 radical (unpaired) electrons. The van der Waals surface area contributed by atoms with E-state index in [1.54, 1.807) is 18.3 Å². The van der Waals surface area contributed by atoms with Gasteiger partial charge in [0.05, 0.1) is 0 Å². The number of unbranched alkanes of at least 4 members (excludes halogenated alkanes) is 3. The Labute approximate surface area is 101 Å². The van der Waals surface area contributed by atoms with Crippen LogP contribution < -0.4 is 5.32 Å². The number of nitrogens with one attached hydrogen (secondary N) is 1. The van der Waals surface area contributed by atoms with E-state index in [1.807, 2.05) is 0 Å². The number of carbonyl (C=O) groups is 1. The third kappa shape index (κ3) is 5.12. The van der Waals surface area contributed by atoms with Crippen LogP contribution in [0.15, 0.2) is 18.3 Å². The Kier molecular flexibility index (Phi) is 5.86. The molecule has 0 aromatic carbocycles. The number of rotatable bonds is 6. The van der Waals surface area contributed by atoms with Gasteiger partial charge in [0.1, 0.15) is 5.15 Å². The molecule has 0 aliphatic carbocycles. The maximum Gasteiger partial charge on any atom is 0.224 e. The van der Waals surface area contributed by atoms with Gasteiger partial charge in [0.2, 0.25) is 5.91 Å². The maximum atomic E-state index is 11.5. The van der Waals surface area contributed by atoms with Crippen LogP contribution in [-0.2, 0) is 4.79 Å². The van der Waals surface area contributed by atoms with Gasteiger partial charge in [0.25, 0.3) is 0 Å². The fourth-order valence-corrected chi connectivity index (χ4v) is 1.59. The van der Waals surface area contributed by atoms with Gasteiger partial charge in [-0.25, -0.2) is 4.98 Å². The average Bonchev–Trinajstić information content (AvgIpc) is 2.24. The zero-order valence-corrected chi connectivity index (χ0v) is 10.3. The normalized spacial score (nSPS) is 10.1. The van der Waals surface area contributed by atoms with Crippen LogP contribution in [0.2, 0.25) is 5.15 Å². The molecule has 1 aromatic rings. The van der Waals surface area contributed by atoms with E-state index in [0.717, 1.165) is 12.8 Å². The number of aromatic nitrogens is 1. The molecular weight excluding hydrogens is 224 g/mol. The lowest BCUT2D eigenvalue weighted by Crippen LogP contribution is -2.11. The smallest absolute Gasteiger partial charge is 0.224 e. The summed E-state index contributed by atoms with van der Waals surface area (Å²) in [5.41, 5.74) is 0.709. The standard InChI is InChI=1S/C12H17ClN2O/c1-2-3-4-5-6-12(16)15-10-7-8-14-11(13)9-10/h7-9H,2-6H2,1H3,(H,14,15,16). The van der Waals surface area contributed by atoms with E-state index >= 15 is 0 Å². The summed E-state index contributed by atoms with van der Waals surface area (Å²) < 4.78 is 0. The Bertz CT molecular complexity index is 342. The molecule has 88 valence electrons. The molecular formula is C12H17ClN2O. The van der Waals surface area contributed by atoms with Crippen molar-refractivity contribution >= 4 is 23.2 Å². The number of anilines is 1. The molecule has 0 spiro atoms. The van der Waals surface area contributed by atoms with E-state index < -0.39 is 0 Å². The van der Waals surface area contributed by atoms with Crippen molar-refractivity contribution in [3.63, 3.8) is 0 Å². The quantitative estimate of drug-likeness (QED) is 0.609. The number of hydrogen-bond acceptors (Lipinski definition) is 2. The number of hydrogen-bond donors (Lipinski definition) is 1. The summed E-state index contributed by atoms with van der Waals surface area (Å²) in [5.74, 6) is 0.0402. The van der Waals surface area contributed by atoms with Crippen LogP contribution in [-0.4, -0.2) is 10.9 Å². The summed E-state index contributed by atoms with van der Waals surface area (Å²) in [6.07, 6.45) is 6.57. The van der Waals surface area contributed by atoms with Crippen LogP contribution in [0.4, 0.5) is 5.69 Å². The second kappa shape index (κ2) is 7.23. The summed E-state index contributed by atoms with van der Waals surface area (Å²) in [6, 6.07) is 3.38. The van der Waals surface area contributed by atoms with Crippen LogP contribution in [0.5, 0.6) is 0 Å². The molecule has 0 aliphatic heterocycles. The number of nitrogens with zero attached hydrogens (tertiary/aromatic N) is 1. The monoisotopic (exact) mass is 240 g/mol. The molecule has 0 saturated heterocycles. The highest BCUT2D eigenvalue weighted by Gasteiger charge is 2.02. The van der Waals surface area contributed by atoms with Crippen molar-refractivity contribution in [3.05, 3.63) is 23.5 Å². The molecule has 0 aliphatic rings. The largest absolute Gasteiger partial charge is 0.326 e. The van der Waals surface area contributed by atoms with Gasteiger partial charge in [0, 0.05) is 18.3 Å². The van der Waals surface area contributed by atoms with Crippen LogP contribution in [0.3, 0.4) is 0 Å². The second-order valence-electron chi connectivity index (χ2n) is 3.73. The van der Waals surface area contributed by atoms with Gasteiger partial charge in [-0.1, -0.05) is 37.8 Å². The Morgan fingerprint density at radius 3 is 2.94 bits per heavy atom. The zero-order valence-electron chi connectivity index (χ0n) is 9.50. The van der Waals surface area contributed by atoms with E-state index in [1.165, 1.54) is 12.8 Å². The highest BCUT2D eigenvalue weighted by Crippen LogP contribution is 2.12. The summed E-state index contributed by atoms with van der Waals surface area (Å²) >= 11 is 5.71. The minimum Gasteiger partial charge on any atom is -0.326 e. The van der Waals surface area contributed by atoms with E-state index in [9.17, 15) is 4.79 Å². The van der Waals surface area contributed by atoms with E-state index in [0.29, 0.717) is 17.3 Å². The van der Waals surface area contributed by atoms with E-state index in [2.05, 4.69) is 17.2 Å². The van der Waals surface area contributed by atoms with Gasteiger partial charge in [0.15, 0.2) is 0 Å². The topological polar surface area (TPSA) is 42.0 Å². The van der Waals surface area contributed by atoms with E-state index in [4.69, 9.17) is 11.6 Å². The molecule has 0 bridgehead atoms. The predicted octanol–water partition coefficient (Wildman–Crippen LogP) is 3.64. The Hall–Kier alpha value is -1.09. The Balaban J connectivity index is 2.29. The van der Waals surface area contributed by atoms with Gasteiger partial charge in [-0.3, -0.25) is 4.79 Å². The fourth-order valence-electron chi connectivity index (χ4n) is 1.42. The lowest BCUT2D eigenvalue weighted by molar-refractivity contribution is -0.116. The predicted molar refractivity (Wildman–Crippen MR) is 66.6 cm³/mol. The molecule has 0 atom stereocenters. The van der Waals surface area contributed by atoms with Crippen molar-refractivity contribution in [2.45, 2.75) is 39.0 Å². The Morgan fingerprint density at radius 1 is 1.44 bits per heavy atom. The van der Waals surface area contributed by atoms with Crippen LogP contribution >= 0.6 is 11.6 Å². The first kappa shape index (κ1) is 13.0. The first-order valence-electron chi connectivity index (χ1n) is 5.63. The molecule has 4 heteroatoms. The molecule has 0 saturated carbocycles. The van der Waals surface area contributed by atoms with Crippen molar-refractivity contribution in [2.24, 2.45) is 0 Å². The SMILES string of the molecule is CCCCCCC(=O)Nc1ccnc(Cl)c1. The van der Waals surface area contributed by atoms with Crippen LogP contribution in [0, 0.1) is 0 Å². The van der Waals surface area contributed by atoms with Crippen molar-refractivity contribution in [3.8, 4) is 0 Å². The van der Waals surface area contributed by atoms with Crippen molar-refractivity contribution in [1.29, 1.82) is 0 Å². The molecule has 1 aromatic heterocycles. The minimum absolute atomic E-state index is 0.0402. The summed E-state index contributed by atoms with van der Waals surface area (Å²) in [5, 5.41) is 3.19. The maximum absolute atomic E-state index is 11.5. The fraction of sp³-hybridized carbons (Fsp3) is 0.500. The zero-order chi connectivity index (χ0) is 11.8. The van der Waals surface area contributed by atoms with Crippen LogP contribution in [0.1, 0.15) is 39.0 Å². The first-order chi connectivity index (χ1) is 7.72. The second-order valence-corrected chi connectivity index (χ2v) is 4.11. The first-order valence-corrected chi connectivity index (χ1v) is 6.01. The molecule has 1 heterocycles. The third-order valence-electron chi connectivity index (χ3n) is 2.27. The van der Waals surface area contributed by atoms with Gasteiger partial charge >= 0.3 is 0 Å². The summed E-state index contributed by atoms with van der Waals surface area (Å²) in [4.78, 5) is 15.4. The van der Waals surface area contributed by atoms with Crippen molar-refractivity contribution in [2.75, 3.05) is 5.32 Å². The summed E-state index contributed by atoms with van der Waals surface area (Å²) in [7, 11) is 0. The van der Waals surface area contributed by atoms with Gasteiger partial charge in [-0.15, -0.1) is 0 Å². The van der Waals surface area contributed by atoms with E-state index in [-0.39, 0.29) is 5.91 Å². The van der Waals surface area contributed by atoms with Crippen LogP contribution in [0.25, 0.3) is 0 Å². The number of pyridine rings is 1. The van der Waals surface area contributed by atoms with Gasteiger partial charge < -0.3 is 5.32 Å². The average molecular weight is 241 g/mol. The molecule has 0 fully saturated rings. The molecule has 0 unspecified atom stereocenters. The number of carbonyl (C=O) groups excluding carboxylic acids is 1. The van der Waals surface area contributed by atoms with Gasteiger partial charge in [-0.05, 0) is 18.6 Å². The lowest BCUT2D eigenvalue weighted by Gasteiger charge is -2.04. The number of amides is 1. The minimum atomic E-state index is 0.0402. The Morgan fingerprint density at radius 2 is 2.25 bits per heavy atom. The highest BCUT2D eigenvalue weighted by molar-refractivity contribution is 6.29. The number of halogens is 1.